The molecule has 1 saturated heterocycles. The highest BCUT2D eigenvalue weighted by Crippen LogP contribution is 2.05. The summed E-state index contributed by atoms with van der Waals surface area (Å²) in [5, 5.41) is 8.62. The highest BCUT2D eigenvalue weighted by Gasteiger charge is 2.16. The standard InChI is InChI=1S/C5H11NO2S/c7-4-5-3-6(9)1-2-8-5/h5,7,9H,1-4H2. The quantitative estimate of drug-likeness (QED) is 0.494. The summed E-state index contributed by atoms with van der Waals surface area (Å²) in [5.41, 5.74) is 0. The number of aliphatic hydroxyl groups is 1. The van der Waals surface area contributed by atoms with Gasteiger partial charge in [-0.2, -0.15) is 0 Å². The molecule has 0 aromatic rings. The number of thiol groups is 1. The summed E-state index contributed by atoms with van der Waals surface area (Å²) in [6.07, 6.45) is -0.0313. The zero-order valence-corrected chi connectivity index (χ0v) is 6.05. The van der Waals surface area contributed by atoms with E-state index in [9.17, 15) is 0 Å². The molecular formula is C5H11NO2S. The predicted molar refractivity (Wildman–Crippen MR) is 37.4 cm³/mol. The fourth-order valence-electron chi connectivity index (χ4n) is 0.814. The fraction of sp³-hybridized carbons (Fsp3) is 1.00. The monoisotopic (exact) mass is 149 g/mol. The van der Waals surface area contributed by atoms with E-state index in [1.54, 1.807) is 0 Å². The zero-order valence-electron chi connectivity index (χ0n) is 5.16. The maximum atomic E-state index is 8.62. The van der Waals surface area contributed by atoms with E-state index < -0.39 is 0 Å². The topological polar surface area (TPSA) is 32.7 Å². The van der Waals surface area contributed by atoms with Gasteiger partial charge in [-0.1, -0.05) is 12.8 Å². The largest absolute Gasteiger partial charge is 0.394 e. The molecule has 4 heteroatoms. The van der Waals surface area contributed by atoms with Gasteiger partial charge >= 0.3 is 0 Å². The highest BCUT2D eigenvalue weighted by molar-refractivity contribution is 7.77. The Balaban J connectivity index is 2.23. The van der Waals surface area contributed by atoms with E-state index in [-0.39, 0.29) is 12.7 Å². The molecule has 0 bridgehead atoms. The average Bonchev–Trinajstić information content (AvgIpc) is 1.88. The Morgan fingerprint density at radius 1 is 1.78 bits per heavy atom. The number of hydrogen-bond acceptors (Lipinski definition) is 4. The molecule has 0 aromatic heterocycles. The van der Waals surface area contributed by atoms with Gasteiger partial charge in [-0.25, -0.2) is 4.31 Å². The van der Waals surface area contributed by atoms with Gasteiger partial charge in [-0.3, -0.25) is 0 Å². The van der Waals surface area contributed by atoms with Crippen LogP contribution >= 0.6 is 12.8 Å². The van der Waals surface area contributed by atoms with Gasteiger partial charge in [0.2, 0.25) is 0 Å². The molecule has 1 atom stereocenters. The molecule has 1 aliphatic rings. The molecule has 1 heterocycles. The lowest BCUT2D eigenvalue weighted by Gasteiger charge is -2.27. The van der Waals surface area contributed by atoms with Crippen molar-refractivity contribution in [3.8, 4) is 0 Å². The SMILES string of the molecule is OCC1CN(S)CCO1. The summed E-state index contributed by atoms with van der Waals surface area (Å²) in [7, 11) is 0. The highest BCUT2D eigenvalue weighted by atomic mass is 32.1. The number of nitrogens with zero attached hydrogens (tertiary/aromatic N) is 1. The van der Waals surface area contributed by atoms with Crippen LogP contribution in [0.3, 0.4) is 0 Å². The van der Waals surface area contributed by atoms with Crippen molar-refractivity contribution >= 4 is 12.8 Å². The van der Waals surface area contributed by atoms with Crippen LogP contribution < -0.4 is 0 Å². The Morgan fingerprint density at radius 2 is 2.56 bits per heavy atom. The minimum absolute atomic E-state index is 0.0313. The Hall–Kier alpha value is 0.230. The molecule has 1 fully saturated rings. The van der Waals surface area contributed by atoms with Crippen LogP contribution in [-0.2, 0) is 4.74 Å². The van der Waals surface area contributed by atoms with E-state index in [1.807, 2.05) is 4.31 Å². The van der Waals surface area contributed by atoms with E-state index in [1.165, 1.54) is 0 Å². The summed E-state index contributed by atoms with van der Waals surface area (Å²) in [6.45, 7) is 2.34. The average molecular weight is 149 g/mol. The third kappa shape index (κ3) is 2.14. The second-order valence-electron chi connectivity index (χ2n) is 2.09. The molecule has 1 N–H and O–H groups in total. The van der Waals surface area contributed by atoms with Crippen molar-refractivity contribution in [2.24, 2.45) is 0 Å². The minimum Gasteiger partial charge on any atom is -0.394 e. The second kappa shape index (κ2) is 3.41. The Bertz CT molecular complexity index is 91.0. The van der Waals surface area contributed by atoms with Crippen LogP contribution in [0.4, 0.5) is 0 Å². The summed E-state index contributed by atoms with van der Waals surface area (Å²) in [4.78, 5) is 0. The maximum absolute atomic E-state index is 8.62. The van der Waals surface area contributed by atoms with Gasteiger partial charge in [-0.05, 0) is 0 Å². The molecule has 0 radical (unpaired) electrons. The molecule has 0 spiro atoms. The van der Waals surface area contributed by atoms with E-state index in [0.29, 0.717) is 6.61 Å². The molecule has 0 saturated carbocycles. The number of morpholine rings is 1. The van der Waals surface area contributed by atoms with Crippen molar-refractivity contribution in [2.75, 3.05) is 26.3 Å². The normalized spacial score (nSPS) is 30.7. The summed E-state index contributed by atoms with van der Waals surface area (Å²) in [6, 6.07) is 0. The van der Waals surface area contributed by atoms with E-state index in [0.717, 1.165) is 13.1 Å². The van der Waals surface area contributed by atoms with Crippen LogP contribution in [0.1, 0.15) is 0 Å². The third-order valence-electron chi connectivity index (χ3n) is 1.32. The molecule has 54 valence electrons. The molecule has 0 aromatic carbocycles. The first-order chi connectivity index (χ1) is 4.33. The van der Waals surface area contributed by atoms with Crippen molar-refractivity contribution in [1.82, 2.24) is 4.31 Å². The second-order valence-corrected chi connectivity index (χ2v) is 2.65. The number of aliphatic hydroxyl groups excluding tert-OH is 1. The zero-order chi connectivity index (χ0) is 6.69. The minimum atomic E-state index is -0.0313. The van der Waals surface area contributed by atoms with Crippen molar-refractivity contribution in [3.63, 3.8) is 0 Å². The smallest absolute Gasteiger partial charge is 0.0942 e. The van der Waals surface area contributed by atoms with Gasteiger partial charge in [0.15, 0.2) is 0 Å². The number of hydrogen-bond donors (Lipinski definition) is 2. The molecule has 3 nitrogen and oxygen atoms in total. The lowest BCUT2D eigenvalue weighted by atomic mass is 10.3. The van der Waals surface area contributed by atoms with Crippen molar-refractivity contribution in [2.45, 2.75) is 6.10 Å². The number of ether oxygens (including phenoxy) is 1. The van der Waals surface area contributed by atoms with Gasteiger partial charge in [0.25, 0.3) is 0 Å². The summed E-state index contributed by atoms with van der Waals surface area (Å²) >= 11 is 4.12. The van der Waals surface area contributed by atoms with Gasteiger partial charge in [0, 0.05) is 13.1 Å². The Kier molecular flexibility index (Phi) is 2.78. The van der Waals surface area contributed by atoms with Crippen LogP contribution in [0, 0.1) is 0 Å². The van der Waals surface area contributed by atoms with Crippen LogP contribution in [0.5, 0.6) is 0 Å². The maximum Gasteiger partial charge on any atom is 0.0942 e. The molecular weight excluding hydrogens is 138 g/mol. The van der Waals surface area contributed by atoms with E-state index in [2.05, 4.69) is 12.8 Å². The van der Waals surface area contributed by atoms with Crippen LogP contribution in [-0.4, -0.2) is 41.8 Å². The first-order valence-corrected chi connectivity index (χ1v) is 3.39. The van der Waals surface area contributed by atoms with Gasteiger partial charge in [-0.15, -0.1) is 0 Å². The van der Waals surface area contributed by atoms with E-state index in [4.69, 9.17) is 9.84 Å². The first-order valence-electron chi connectivity index (χ1n) is 2.99. The fourth-order valence-corrected chi connectivity index (χ4v) is 1.08. The first kappa shape index (κ1) is 7.34. The molecule has 9 heavy (non-hydrogen) atoms. The third-order valence-corrected chi connectivity index (χ3v) is 1.68. The summed E-state index contributed by atoms with van der Waals surface area (Å²) in [5.74, 6) is 0. The van der Waals surface area contributed by atoms with E-state index >= 15 is 0 Å². The van der Waals surface area contributed by atoms with Crippen molar-refractivity contribution in [1.29, 1.82) is 0 Å². The van der Waals surface area contributed by atoms with Crippen LogP contribution in [0.15, 0.2) is 0 Å². The van der Waals surface area contributed by atoms with Crippen LogP contribution in [0.25, 0.3) is 0 Å². The Labute approximate surface area is 60.2 Å². The van der Waals surface area contributed by atoms with Crippen LogP contribution in [0.2, 0.25) is 0 Å². The molecule has 1 rings (SSSR count). The lowest BCUT2D eigenvalue weighted by molar-refractivity contribution is -0.0275. The van der Waals surface area contributed by atoms with Crippen molar-refractivity contribution in [3.05, 3.63) is 0 Å². The number of rotatable bonds is 1. The molecule has 1 aliphatic heterocycles. The molecule has 0 amide bonds. The van der Waals surface area contributed by atoms with Gasteiger partial charge in [0.1, 0.15) is 0 Å². The van der Waals surface area contributed by atoms with Crippen molar-refractivity contribution < 1.29 is 9.84 Å². The molecule has 0 aliphatic carbocycles. The van der Waals surface area contributed by atoms with Gasteiger partial charge in [0.05, 0.1) is 19.3 Å². The Morgan fingerprint density at radius 3 is 3.00 bits per heavy atom. The lowest BCUT2D eigenvalue weighted by Crippen LogP contribution is -2.39. The van der Waals surface area contributed by atoms with Gasteiger partial charge < -0.3 is 9.84 Å². The predicted octanol–water partition coefficient (Wildman–Crippen LogP) is -0.476. The molecule has 1 unspecified atom stereocenters. The summed E-state index contributed by atoms with van der Waals surface area (Å²) < 4.78 is 7.01.